The van der Waals surface area contributed by atoms with Crippen LogP contribution in [0.3, 0.4) is 0 Å². The Kier molecular flexibility index (Phi) is 4.38. The third-order valence-corrected chi connectivity index (χ3v) is 3.10. The number of hydrogen-bond acceptors (Lipinski definition) is 4. The van der Waals surface area contributed by atoms with Crippen LogP contribution in [0.5, 0.6) is 0 Å². The third kappa shape index (κ3) is 3.58. The Hall–Kier alpha value is -1.33. The molecule has 2 heterocycles. The molecule has 0 atom stereocenters. The van der Waals surface area contributed by atoms with Gasteiger partial charge in [-0.15, -0.1) is 0 Å². The van der Waals surface area contributed by atoms with Crippen molar-refractivity contribution in [2.24, 2.45) is 0 Å². The summed E-state index contributed by atoms with van der Waals surface area (Å²) < 4.78 is 5.50. The molecule has 0 bridgehead atoms. The first kappa shape index (κ1) is 13.1. The van der Waals surface area contributed by atoms with Gasteiger partial charge in [0, 0.05) is 26.2 Å². The van der Waals surface area contributed by atoms with Gasteiger partial charge in [0.25, 0.3) is 0 Å². The van der Waals surface area contributed by atoms with Gasteiger partial charge in [0.05, 0.1) is 13.1 Å². The van der Waals surface area contributed by atoms with Gasteiger partial charge in [-0.2, -0.15) is 0 Å². The molecule has 18 heavy (non-hydrogen) atoms. The number of furan rings is 1. The first-order valence-electron chi connectivity index (χ1n) is 6.37. The lowest BCUT2D eigenvalue weighted by Gasteiger charge is -2.29. The fourth-order valence-electron chi connectivity index (χ4n) is 2.14. The molecule has 1 aliphatic rings. The van der Waals surface area contributed by atoms with Crippen molar-refractivity contribution in [3.8, 4) is 0 Å². The first-order valence-corrected chi connectivity index (χ1v) is 6.37. The molecule has 1 amide bonds. The van der Waals surface area contributed by atoms with Gasteiger partial charge in [-0.3, -0.25) is 9.69 Å². The molecule has 5 nitrogen and oxygen atoms in total. The Bertz CT molecular complexity index is 397. The Morgan fingerprint density at radius 2 is 2.17 bits per heavy atom. The van der Waals surface area contributed by atoms with Crippen LogP contribution in [0.25, 0.3) is 0 Å². The molecule has 1 aromatic heterocycles. The fourth-order valence-corrected chi connectivity index (χ4v) is 2.14. The van der Waals surface area contributed by atoms with Crippen molar-refractivity contribution < 1.29 is 9.21 Å². The number of nitrogens with zero attached hydrogens (tertiary/aromatic N) is 2. The highest BCUT2D eigenvalue weighted by molar-refractivity contribution is 5.78. The molecule has 100 valence electrons. The smallest absolute Gasteiger partial charge is 0.236 e. The van der Waals surface area contributed by atoms with Gasteiger partial charge in [-0.05, 0) is 26.1 Å². The van der Waals surface area contributed by atoms with Crippen LogP contribution in [0.4, 0.5) is 0 Å². The van der Waals surface area contributed by atoms with Gasteiger partial charge in [0.2, 0.25) is 5.91 Å². The second-order valence-corrected chi connectivity index (χ2v) is 4.82. The van der Waals surface area contributed by atoms with E-state index in [1.165, 1.54) is 0 Å². The number of carbonyl (C=O) groups excluding carboxylic acids is 1. The van der Waals surface area contributed by atoms with Gasteiger partial charge in [0.1, 0.15) is 11.5 Å². The standard InChI is InChI=1S/C13H21N3O2/c1-11-3-4-12(18-11)9-15(2)10-13(17)16-7-5-14-6-8-16/h3-4,14H,5-10H2,1-2H3. The largest absolute Gasteiger partial charge is 0.465 e. The van der Waals surface area contributed by atoms with E-state index in [4.69, 9.17) is 4.42 Å². The van der Waals surface area contributed by atoms with E-state index in [0.29, 0.717) is 13.1 Å². The minimum atomic E-state index is 0.197. The monoisotopic (exact) mass is 251 g/mol. The number of rotatable bonds is 4. The average Bonchev–Trinajstić information content (AvgIpc) is 2.75. The summed E-state index contributed by atoms with van der Waals surface area (Å²) >= 11 is 0. The molecule has 1 aliphatic heterocycles. The van der Waals surface area contributed by atoms with E-state index < -0.39 is 0 Å². The zero-order valence-corrected chi connectivity index (χ0v) is 11.1. The van der Waals surface area contributed by atoms with Gasteiger partial charge in [0.15, 0.2) is 0 Å². The van der Waals surface area contributed by atoms with Crippen molar-refractivity contribution in [3.63, 3.8) is 0 Å². The van der Waals surface area contributed by atoms with Crippen LogP contribution >= 0.6 is 0 Å². The molecule has 0 saturated carbocycles. The highest BCUT2D eigenvalue weighted by Gasteiger charge is 2.17. The van der Waals surface area contributed by atoms with E-state index >= 15 is 0 Å². The highest BCUT2D eigenvalue weighted by atomic mass is 16.3. The Morgan fingerprint density at radius 3 is 2.78 bits per heavy atom. The van der Waals surface area contributed by atoms with Crippen LogP contribution in [0.2, 0.25) is 0 Å². The Morgan fingerprint density at radius 1 is 1.44 bits per heavy atom. The summed E-state index contributed by atoms with van der Waals surface area (Å²) in [7, 11) is 1.94. The van der Waals surface area contributed by atoms with Crippen molar-refractivity contribution in [1.29, 1.82) is 0 Å². The zero-order valence-electron chi connectivity index (χ0n) is 11.1. The summed E-state index contributed by atoms with van der Waals surface area (Å²) in [5.74, 6) is 2.01. The van der Waals surface area contributed by atoms with E-state index in [2.05, 4.69) is 5.32 Å². The summed E-state index contributed by atoms with van der Waals surface area (Å²) in [5, 5.41) is 3.24. The van der Waals surface area contributed by atoms with Gasteiger partial charge >= 0.3 is 0 Å². The number of piperazine rings is 1. The normalized spacial score (nSPS) is 16.3. The molecule has 5 heteroatoms. The summed E-state index contributed by atoms with van der Waals surface area (Å²) in [5.41, 5.74) is 0. The summed E-state index contributed by atoms with van der Waals surface area (Å²) in [6, 6.07) is 3.91. The van der Waals surface area contributed by atoms with Crippen LogP contribution < -0.4 is 5.32 Å². The Labute approximate surface area is 108 Å². The van der Waals surface area contributed by atoms with Crippen LogP contribution in [-0.2, 0) is 11.3 Å². The lowest BCUT2D eigenvalue weighted by atomic mass is 10.3. The minimum Gasteiger partial charge on any atom is -0.465 e. The fraction of sp³-hybridized carbons (Fsp3) is 0.615. The number of aryl methyl sites for hydroxylation is 1. The van der Waals surface area contributed by atoms with Crippen molar-refractivity contribution >= 4 is 5.91 Å². The maximum Gasteiger partial charge on any atom is 0.236 e. The highest BCUT2D eigenvalue weighted by Crippen LogP contribution is 2.08. The number of carbonyl (C=O) groups is 1. The number of likely N-dealkylation sites (N-methyl/N-ethyl adjacent to an activating group) is 1. The third-order valence-electron chi connectivity index (χ3n) is 3.10. The predicted molar refractivity (Wildman–Crippen MR) is 69.2 cm³/mol. The molecule has 1 aromatic rings. The zero-order chi connectivity index (χ0) is 13.0. The minimum absolute atomic E-state index is 0.197. The second-order valence-electron chi connectivity index (χ2n) is 4.82. The second kappa shape index (κ2) is 6.02. The maximum atomic E-state index is 12.0. The molecule has 2 rings (SSSR count). The van der Waals surface area contributed by atoms with Gasteiger partial charge in [-0.1, -0.05) is 0 Å². The van der Waals surface area contributed by atoms with E-state index in [0.717, 1.165) is 37.7 Å². The predicted octanol–water partition coefficient (Wildman–Crippen LogP) is 0.452. The van der Waals surface area contributed by atoms with Crippen molar-refractivity contribution in [3.05, 3.63) is 23.7 Å². The number of nitrogens with one attached hydrogen (secondary N) is 1. The van der Waals surface area contributed by atoms with Crippen LogP contribution in [0.15, 0.2) is 16.5 Å². The lowest BCUT2D eigenvalue weighted by Crippen LogP contribution is -2.49. The molecule has 0 spiro atoms. The van der Waals surface area contributed by atoms with Crippen LogP contribution in [0.1, 0.15) is 11.5 Å². The SMILES string of the molecule is Cc1ccc(CN(C)CC(=O)N2CCNCC2)o1. The first-order chi connectivity index (χ1) is 8.65. The lowest BCUT2D eigenvalue weighted by molar-refractivity contribution is -0.132. The van der Waals surface area contributed by atoms with Crippen molar-refractivity contribution in [2.75, 3.05) is 39.8 Å². The number of amides is 1. The van der Waals surface area contributed by atoms with Crippen LogP contribution in [0, 0.1) is 6.92 Å². The summed E-state index contributed by atoms with van der Waals surface area (Å²) in [6.07, 6.45) is 0. The topological polar surface area (TPSA) is 48.7 Å². The molecule has 0 aliphatic carbocycles. The van der Waals surface area contributed by atoms with Crippen LogP contribution in [-0.4, -0.2) is 55.5 Å². The number of hydrogen-bond donors (Lipinski definition) is 1. The molecule has 1 saturated heterocycles. The molecular formula is C13H21N3O2. The molecular weight excluding hydrogens is 230 g/mol. The molecule has 1 fully saturated rings. The Balaban J connectivity index is 1.79. The van der Waals surface area contributed by atoms with Gasteiger partial charge in [-0.25, -0.2) is 0 Å². The summed E-state index contributed by atoms with van der Waals surface area (Å²) in [4.78, 5) is 15.9. The average molecular weight is 251 g/mol. The van der Waals surface area contributed by atoms with Crippen molar-refractivity contribution in [1.82, 2.24) is 15.1 Å². The quantitative estimate of drug-likeness (QED) is 0.844. The van der Waals surface area contributed by atoms with E-state index in [9.17, 15) is 4.79 Å². The molecule has 0 aromatic carbocycles. The molecule has 0 radical (unpaired) electrons. The maximum absolute atomic E-state index is 12.0. The summed E-state index contributed by atoms with van der Waals surface area (Å²) in [6.45, 7) is 6.46. The van der Waals surface area contributed by atoms with E-state index in [1.54, 1.807) is 0 Å². The van der Waals surface area contributed by atoms with Crippen molar-refractivity contribution in [2.45, 2.75) is 13.5 Å². The molecule has 1 N–H and O–H groups in total. The van der Waals surface area contributed by atoms with Gasteiger partial charge < -0.3 is 14.6 Å². The van der Waals surface area contributed by atoms with E-state index in [1.807, 2.05) is 35.9 Å². The van der Waals surface area contributed by atoms with E-state index in [-0.39, 0.29) is 5.91 Å². The molecule has 0 unspecified atom stereocenters.